The summed E-state index contributed by atoms with van der Waals surface area (Å²) in [4.78, 5) is 23.7. The molecule has 0 saturated carbocycles. The largest absolute Gasteiger partial charge is 0.432 e. The Morgan fingerprint density at radius 3 is 2.45 bits per heavy atom. The van der Waals surface area contributed by atoms with Crippen LogP contribution in [0.3, 0.4) is 0 Å². The predicted molar refractivity (Wildman–Crippen MR) is 91.1 cm³/mol. The van der Waals surface area contributed by atoms with E-state index in [4.69, 9.17) is 33.1 Å². The Morgan fingerprint density at radius 1 is 1.34 bits per heavy atom. The highest BCUT2D eigenvalue weighted by Crippen LogP contribution is 2.27. The van der Waals surface area contributed by atoms with Crippen molar-refractivity contribution in [2.24, 2.45) is 11.1 Å². The van der Waals surface area contributed by atoms with Crippen LogP contribution in [0.15, 0.2) is 17.4 Å². The maximum atomic E-state index is 11.9. The van der Waals surface area contributed by atoms with Crippen LogP contribution in [0.4, 0.5) is 0 Å². The van der Waals surface area contributed by atoms with Crippen molar-refractivity contribution in [2.45, 2.75) is 43.1 Å². The number of esters is 1. The van der Waals surface area contributed by atoms with Gasteiger partial charge in [0.05, 0.1) is 0 Å². The summed E-state index contributed by atoms with van der Waals surface area (Å²) in [6.07, 6.45) is -0.241. The lowest BCUT2D eigenvalue weighted by atomic mass is 9.80. The molecular formula is C14H22BN3O11. The number of aliphatic hydroxyl groups excluding tert-OH is 1. The van der Waals surface area contributed by atoms with Gasteiger partial charge in [0.2, 0.25) is 12.7 Å². The van der Waals surface area contributed by atoms with E-state index >= 15 is 0 Å². The van der Waals surface area contributed by atoms with Gasteiger partial charge in [-0.1, -0.05) is 5.16 Å². The Balaban J connectivity index is 2.70. The van der Waals surface area contributed by atoms with Crippen LogP contribution in [0.25, 0.3) is 0 Å². The van der Waals surface area contributed by atoms with Crippen molar-refractivity contribution in [3.63, 3.8) is 0 Å². The number of amidine groups is 1. The van der Waals surface area contributed by atoms with Gasteiger partial charge in [0.15, 0.2) is 19.6 Å². The minimum atomic E-state index is -3.94. The lowest BCUT2D eigenvalue weighted by Gasteiger charge is -2.33. The predicted octanol–water partition coefficient (Wildman–Crippen LogP) is -4.61. The Bertz CT molecular complexity index is 617. The molecule has 1 aliphatic rings. The van der Waals surface area contributed by atoms with Crippen LogP contribution in [-0.4, -0.2) is 104 Å². The number of hydrogen-bond donors (Lipinski definition) is 8. The SMILES string of the molecule is [B]C(O)(O)C(C(=O)OC(O)C1CCC(N(C)/C=C\C(=NO)NC=O)O1)C(O)(O)O. The fourth-order valence-electron chi connectivity index (χ4n) is 2.49. The molecule has 4 unspecified atom stereocenters. The monoisotopic (exact) mass is 419 g/mol. The van der Waals surface area contributed by atoms with Crippen LogP contribution in [-0.2, 0) is 19.1 Å². The van der Waals surface area contributed by atoms with E-state index in [2.05, 4.69) is 15.2 Å². The molecule has 162 valence electrons. The zero-order valence-corrected chi connectivity index (χ0v) is 15.2. The summed E-state index contributed by atoms with van der Waals surface area (Å²) in [5.41, 5.74) is -3.57. The standard InChI is InChI=1S/C14H22BN3O11/c1-18(5-4-8(17-27)16-6-19)9-3-2-7(28-9)11(20)29-12(21)10(13(15,22)23)14(24,25)26/h4-7,9-11,20,22-27H,2-3H2,1H3,(H,16,17,19)/b5-4-. The lowest BCUT2D eigenvalue weighted by molar-refractivity contribution is -0.370. The Labute approximate surface area is 165 Å². The summed E-state index contributed by atoms with van der Waals surface area (Å²) >= 11 is 0. The third-order valence-corrected chi connectivity index (χ3v) is 3.87. The van der Waals surface area contributed by atoms with E-state index in [9.17, 15) is 24.9 Å². The molecule has 0 spiro atoms. The third kappa shape index (κ3) is 7.24. The first-order chi connectivity index (χ1) is 13.3. The number of nitrogens with zero attached hydrogens (tertiary/aromatic N) is 2. The molecule has 2 radical (unpaired) electrons. The molecule has 0 aliphatic carbocycles. The second-order valence-corrected chi connectivity index (χ2v) is 6.17. The molecule has 1 saturated heterocycles. The summed E-state index contributed by atoms with van der Waals surface area (Å²) in [5, 5.41) is 69.2. The first-order valence-corrected chi connectivity index (χ1v) is 8.08. The third-order valence-electron chi connectivity index (χ3n) is 3.87. The number of oxime groups is 1. The fourth-order valence-corrected chi connectivity index (χ4v) is 2.49. The van der Waals surface area contributed by atoms with Crippen molar-refractivity contribution in [3.8, 4) is 0 Å². The first-order valence-electron chi connectivity index (χ1n) is 8.08. The van der Waals surface area contributed by atoms with Crippen LogP contribution >= 0.6 is 0 Å². The summed E-state index contributed by atoms with van der Waals surface area (Å²) in [5.74, 6) is -8.75. The van der Waals surface area contributed by atoms with Crippen molar-refractivity contribution >= 4 is 26.1 Å². The highest BCUT2D eigenvalue weighted by atomic mass is 16.7. The van der Waals surface area contributed by atoms with E-state index in [1.54, 1.807) is 7.05 Å². The molecule has 1 fully saturated rings. The number of carbonyl (C=O) groups is 2. The first kappa shape index (κ1) is 24.8. The molecule has 0 aromatic heterocycles. The summed E-state index contributed by atoms with van der Waals surface area (Å²) in [6.45, 7) is 0. The quantitative estimate of drug-likeness (QED) is 0.0258. The van der Waals surface area contributed by atoms with E-state index in [-0.39, 0.29) is 12.3 Å². The Kier molecular flexibility index (Phi) is 8.52. The van der Waals surface area contributed by atoms with Crippen LogP contribution in [0.1, 0.15) is 12.8 Å². The molecular weight excluding hydrogens is 397 g/mol. The van der Waals surface area contributed by atoms with E-state index in [1.165, 1.54) is 17.2 Å². The molecule has 1 rings (SSSR count). The molecule has 0 bridgehead atoms. The smallest absolute Gasteiger partial charge is 0.324 e. The zero-order chi connectivity index (χ0) is 22.4. The number of carbonyl (C=O) groups excluding carboxylic acids is 2. The number of aliphatic hydroxyl groups is 6. The average Bonchev–Trinajstić information content (AvgIpc) is 3.05. The Morgan fingerprint density at radius 2 is 1.97 bits per heavy atom. The second-order valence-electron chi connectivity index (χ2n) is 6.17. The lowest BCUT2D eigenvalue weighted by Crippen LogP contribution is -2.57. The van der Waals surface area contributed by atoms with Crippen molar-refractivity contribution in [3.05, 3.63) is 12.3 Å². The highest BCUT2D eigenvalue weighted by Gasteiger charge is 2.51. The molecule has 0 aromatic rings. The van der Waals surface area contributed by atoms with E-state index < -0.39 is 42.2 Å². The summed E-state index contributed by atoms with van der Waals surface area (Å²) in [6, 6.07) is 0. The van der Waals surface area contributed by atoms with Gasteiger partial charge in [-0.25, -0.2) is 0 Å². The van der Waals surface area contributed by atoms with Crippen LogP contribution in [0, 0.1) is 5.92 Å². The van der Waals surface area contributed by atoms with Crippen molar-refractivity contribution in [1.29, 1.82) is 0 Å². The summed E-state index contributed by atoms with van der Waals surface area (Å²) < 4.78 is 9.97. The van der Waals surface area contributed by atoms with Crippen molar-refractivity contribution in [1.82, 2.24) is 10.2 Å². The number of rotatable bonds is 9. The van der Waals surface area contributed by atoms with Gasteiger partial charge in [-0.15, -0.1) is 0 Å². The topological polar surface area (TPSA) is 222 Å². The van der Waals surface area contributed by atoms with Gasteiger partial charge in [-0.2, -0.15) is 0 Å². The molecule has 8 N–H and O–H groups in total. The molecule has 1 aliphatic heterocycles. The van der Waals surface area contributed by atoms with E-state index in [0.29, 0.717) is 12.8 Å². The molecule has 1 amide bonds. The molecule has 15 heteroatoms. The molecule has 4 atom stereocenters. The normalized spacial score (nSPS) is 22.9. The maximum absolute atomic E-state index is 11.9. The number of ether oxygens (including phenoxy) is 2. The zero-order valence-electron chi connectivity index (χ0n) is 15.2. The van der Waals surface area contributed by atoms with Crippen LogP contribution in [0.5, 0.6) is 0 Å². The Hall–Kier alpha value is -2.27. The minimum absolute atomic E-state index is 0.153. The van der Waals surface area contributed by atoms with E-state index in [1.807, 2.05) is 0 Å². The number of hydrogen-bond acceptors (Lipinski definition) is 13. The molecule has 0 aromatic carbocycles. The summed E-state index contributed by atoms with van der Waals surface area (Å²) in [7, 11) is 6.36. The van der Waals surface area contributed by atoms with Crippen LogP contribution < -0.4 is 5.32 Å². The molecule has 29 heavy (non-hydrogen) atoms. The van der Waals surface area contributed by atoms with Crippen LogP contribution in [0.2, 0.25) is 0 Å². The average molecular weight is 419 g/mol. The van der Waals surface area contributed by atoms with Crippen molar-refractivity contribution in [2.75, 3.05) is 7.05 Å². The number of nitrogens with one attached hydrogen (secondary N) is 1. The molecule has 1 heterocycles. The van der Waals surface area contributed by atoms with Gasteiger partial charge >= 0.3 is 5.97 Å². The fraction of sp³-hybridized carbons (Fsp3) is 0.643. The van der Waals surface area contributed by atoms with Gasteiger partial charge in [-0.3, -0.25) is 9.59 Å². The van der Waals surface area contributed by atoms with E-state index in [0.717, 1.165) is 0 Å². The van der Waals surface area contributed by atoms with Gasteiger partial charge in [0, 0.05) is 19.3 Å². The number of amides is 1. The second kappa shape index (κ2) is 9.97. The highest BCUT2D eigenvalue weighted by molar-refractivity contribution is 6.14. The minimum Gasteiger partial charge on any atom is -0.432 e. The van der Waals surface area contributed by atoms with Gasteiger partial charge in [0.1, 0.15) is 18.0 Å². The van der Waals surface area contributed by atoms with Crippen molar-refractivity contribution < 1.29 is 54.9 Å². The van der Waals surface area contributed by atoms with Gasteiger partial charge in [-0.05, 0) is 12.8 Å². The van der Waals surface area contributed by atoms with Gasteiger partial charge in [0.25, 0.3) is 5.97 Å². The molecule has 14 nitrogen and oxygen atoms in total. The maximum Gasteiger partial charge on any atom is 0.324 e. The van der Waals surface area contributed by atoms with Gasteiger partial charge < -0.3 is 55.5 Å².